The number of halogens is 2. The molecule has 0 atom stereocenters. The number of aromatic nitrogens is 3. The molecule has 0 fully saturated rings. The molecule has 0 radical (unpaired) electrons. The molecule has 2 aromatic carbocycles. The van der Waals surface area contributed by atoms with Gasteiger partial charge in [-0.05, 0) is 30.3 Å². The van der Waals surface area contributed by atoms with Crippen LogP contribution in [0, 0.1) is 0 Å². The Bertz CT molecular complexity index is 1270. The van der Waals surface area contributed by atoms with E-state index < -0.39 is 17.8 Å². The highest BCUT2D eigenvalue weighted by atomic mass is 35.5. The van der Waals surface area contributed by atoms with Gasteiger partial charge in [0, 0.05) is 18.1 Å². The second kappa shape index (κ2) is 11.9. The normalized spacial score (nSPS) is 10.5. The summed E-state index contributed by atoms with van der Waals surface area (Å²) in [5.74, 6) is -0.847. The van der Waals surface area contributed by atoms with Crippen molar-refractivity contribution in [3.05, 3.63) is 63.4 Å². The number of ether oxygens (including phenoxy) is 3. The van der Waals surface area contributed by atoms with Crippen LogP contribution in [0.2, 0.25) is 10.0 Å². The Labute approximate surface area is 214 Å². The van der Waals surface area contributed by atoms with Crippen molar-refractivity contribution in [3.63, 3.8) is 0 Å². The molecular formula is C22H20Cl2N4O6S. The maximum absolute atomic E-state index is 12.6. The summed E-state index contributed by atoms with van der Waals surface area (Å²) in [6.07, 6.45) is 0. The molecule has 1 aromatic heterocycles. The van der Waals surface area contributed by atoms with Gasteiger partial charge in [-0.2, -0.15) is 0 Å². The van der Waals surface area contributed by atoms with Crippen molar-refractivity contribution in [2.45, 2.75) is 11.8 Å². The van der Waals surface area contributed by atoms with Gasteiger partial charge in [0.05, 0.1) is 41.8 Å². The molecule has 0 bridgehead atoms. The van der Waals surface area contributed by atoms with E-state index in [1.54, 1.807) is 29.8 Å². The number of methoxy groups -OCH3 is 2. The number of rotatable bonds is 9. The third-order valence-corrected chi connectivity index (χ3v) is 6.20. The molecule has 1 heterocycles. The maximum atomic E-state index is 12.6. The first-order valence-electron chi connectivity index (χ1n) is 9.93. The molecule has 0 aliphatic carbocycles. The van der Waals surface area contributed by atoms with Gasteiger partial charge in [0.15, 0.2) is 11.0 Å². The average Bonchev–Trinajstić information content (AvgIpc) is 3.21. The van der Waals surface area contributed by atoms with Crippen LogP contribution in [0.15, 0.2) is 41.6 Å². The highest BCUT2D eigenvalue weighted by Gasteiger charge is 2.18. The number of nitrogens with one attached hydrogen (secondary N) is 1. The Kier molecular flexibility index (Phi) is 8.96. The van der Waals surface area contributed by atoms with Crippen molar-refractivity contribution >= 4 is 58.5 Å². The third-order valence-electron chi connectivity index (χ3n) is 4.63. The van der Waals surface area contributed by atoms with E-state index in [1.165, 1.54) is 32.4 Å². The van der Waals surface area contributed by atoms with Gasteiger partial charge in [-0.1, -0.05) is 35.0 Å². The van der Waals surface area contributed by atoms with Gasteiger partial charge in [0.25, 0.3) is 0 Å². The lowest BCUT2D eigenvalue weighted by atomic mass is 10.1. The molecule has 35 heavy (non-hydrogen) atoms. The minimum Gasteiger partial charge on any atom is -0.484 e. The summed E-state index contributed by atoms with van der Waals surface area (Å²) in [5.41, 5.74) is 0.382. The molecule has 0 aliphatic rings. The van der Waals surface area contributed by atoms with Crippen molar-refractivity contribution in [2.75, 3.05) is 25.3 Å². The van der Waals surface area contributed by atoms with E-state index in [4.69, 9.17) is 37.4 Å². The van der Waals surface area contributed by atoms with Crippen molar-refractivity contribution in [2.24, 2.45) is 7.05 Å². The summed E-state index contributed by atoms with van der Waals surface area (Å²) < 4.78 is 16.8. The quantitative estimate of drug-likeness (QED) is 0.318. The van der Waals surface area contributed by atoms with Crippen LogP contribution in [0.25, 0.3) is 0 Å². The Balaban J connectivity index is 1.65. The molecule has 0 aliphatic heterocycles. The number of carbonyl (C=O) groups excluding carboxylic acids is 3. The zero-order valence-electron chi connectivity index (χ0n) is 18.8. The lowest BCUT2D eigenvalue weighted by Crippen LogP contribution is -2.18. The Morgan fingerprint density at radius 2 is 1.77 bits per heavy atom. The molecule has 10 nitrogen and oxygen atoms in total. The number of benzene rings is 2. The molecule has 3 rings (SSSR count). The highest BCUT2D eigenvalue weighted by Crippen LogP contribution is 2.28. The minimum atomic E-state index is -0.665. The molecule has 1 N–H and O–H groups in total. The number of carbonyl (C=O) groups is 3. The smallest absolute Gasteiger partial charge is 0.339 e. The molecule has 0 saturated carbocycles. The van der Waals surface area contributed by atoms with Crippen LogP contribution in [-0.2, 0) is 27.9 Å². The fourth-order valence-electron chi connectivity index (χ4n) is 2.82. The van der Waals surface area contributed by atoms with E-state index in [0.29, 0.717) is 26.8 Å². The van der Waals surface area contributed by atoms with Crippen molar-refractivity contribution in [1.82, 2.24) is 14.8 Å². The molecule has 0 unspecified atom stereocenters. The van der Waals surface area contributed by atoms with Crippen LogP contribution < -0.4 is 10.1 Å². The van der Waals surface area contributed by atoms with Gasteiger partial charge in [-0.3, -0.25) is 4.79 Å². The minimum absolute atomic E-state index is 0.0456. The first-order valence-corrected chi connectivity index (χ1v) is 11.7. The Morgan fingerprint density at radius 3 is 2.49 bits per heavy atom. The van der Waals surface area contributed by atoms with E-state index in [9.17, 15) is 14.4 Å². The fourth-order valence-corrected chi connectivity index (χ4v) is 3.89. The second-order valence-electron chi connectivity index (χ2n) is 6.90. The van der Waals surface area contributed by atoms with Crippen LogP contribution in [0.3, 0.4) is 0 Å². The van der Waals surface area contributed by atoms with Crippen LogP contribution in [0.5, 0.6) is 5.75 Å². The zero-order chi connectivity index (χ0) is 25.5. The first-order chi connectivity index (χ1) is 16.7. The Hall–Kier alpha value is -3.28. The number of hydrogen-bond acceptors (Lipinski definition) is 9. The summed E-state index contributed by atoms with van der Waals surface area (Å²) in [6, 6.07) is 9.00. The van der Waals surface area contributed by atoms with Crippen LogP contribution in [0.4, 0.5) is 5.69 Å². The van der Waals surface area contributed by atoms with E-state index in [1.807, 2.05) is 0 Å². The number of nitrogens with zero attached hydrogens (tertiary/aromatic N) is 3. The third kappa shape index (κ3) is 6.65. The molecular weight excluding hydrogens is 519 g/mol. The van der Waals surface area contributed by atoms with Crippen molar-refractivity contribution in [1.29, 1.82) is 0 Å². The predicted molar refractivity (Wildman–Crippen MR) is 130 cm³/mol. The second-order valence-corrected chi connectivity index (χ2v) is 8.69. The summed E-state index contributed by atoms with van der Waals surface area (Å²) in [5, 5.41) is 12.1. The van der Waals surface area contributed by atoms with E-state index >= 15 is 0 Å². The number of amides is 1. The van der Waals surface area contributed by atoms with Gasteiger partial charge in [0.2, 0.25) is 5.91 Å². The highest BCUT2D eigenvalue weighted by molar-refractivity contribution is 7.99. The van der Waals surface area contributed by atoms with Crippen molar-refractivity contribution < 1.29 is 28.6 Å². The van der Waals surface area contributed by atoms with E-state index in [0.717, 1.165) is 11.8 Å². The predicted octanol–water partition coefficient (Wildman–Crippen LogP) is 4.00. The average molecular weight is 539 g/mol. The van der Waals surface area contributed by atoms with Gasteiger partial charge >= 0.3 is 11.9 Å². The number of anilines is 1. The van der Waals surface area contributed by atoms with E-state index in [2.05, 4.69) is 15.5 Å². The van der Waals surface area contributed by atoms with Gasteiger partial charge < -0.3 is 24.1 Å². The molecule has 1 amide bonds. The maximum Gasteiger partial charge on any atom is 0.339 e. The monoisotopic (exact) mass is 538 g/mol. The molecule has 0 spiro atoms. The fraction of sp³-hybridized carbons (Fsp3) is 0.227. The summed E-state index contributed by atoms with van der Waals surface area (Å²) in [4.78, 5) is 36.5. The lowest BCUT2D eigenvalue weighted by Gasteiger charge is -2.11. The molecule has 13 heteroatoms. The molecule has 0 saturated heterocycles. The number of thioether (sulfide) groups is 1. The summed E-state index contributed by atoms with van der Waals surface area (Å²) >= 11 is 13.2. The van der Waals surface area contributed by atoms with Crippen molar-refractivity contribution in [3.8, 4) is 5.75 Å². The summed E-state index contributed by atoms with van der Waals surface area (Å²) in [6.45, 7) is 0.0825. The van der Waals surface area contributed by atoms with Crippen LogP contribution in [0.1, 0.15) is 26.5 Å². The van der Waals surface area contributed by atoms with Gasteiger partial charge in [-0.15, -0.1) is 10.2 Å². The standard InChI is InChI=1S/C22H20Cl2N4O6S/c1-28-18(10-34-17-9-13(23)5-7-15(17)24)26-27-22(28)35-11-19(29)25-16-8-12(20(30)32-2)4-6-14(16)21(31)33-3/h4-9H,10-11H2,1-3H3,(H,25,29). The number of esters is 2. The SMILES string of the molecule is COC(=O)c1ccc(C(=O)OC)c(NC(=O)CSc2nnc(COc3cc(Cl)ccc3Cl)n2C)c1. The zero-order valence-corrected chi connectivity index (χ0v) is 21.2. The van der Waals surface area contributed by atoms with Gasteiger partial charge in [0.1, 0.15) is 12.4 Å². The number of hydrogen-bond donors (Lipinski definition) is 1. The largest absolute Gasteiger partial charge is 0.484 e. The summed E-state index contributed by atoms with van der Waals surface area (Å²) in [7, 11) is 4.18. The van der Waals surface area contributed by atoms with Gasteiger partial charge in [-0.25, -0.2) is 9.59 Å². The first kappa shape index (κ1) is 26.3. The molecule has 184 valence electrons. The van der Waals surface area contributed by atoms with E-state index in [-0.39, 0.29) is 29.2 Å². The van der Waals surface area contributed by atoms with Crippen LogP contribution >= 0.6 is 35.0 Å². The topological polar surface area (TPSA) is 122 Å². The Morgan fingerprint density at radius 1 is 1.03 bits per heavy atom. The molecule has 3 aromatic rings. The lowest BCUT2D eigenvalue weighted by molar-refractivity contribution is -0.113. The van der Waals surface area contributed by atoms with Crippen LogP contribution in [-0.4, -0.2) is 52.6 Å².